The second-order valence-electron chi connectivity index (χ2n) is 5.12. The molecule has 0 amide bonds. The van der Waals surface area contributed by atoms with Gasteiger partial charge in [-0.2, -0.15) is 0 Å². The van der Waals surface area contributed by atoms with E-state index in [-0.39, 0.29) is 0 Å². The molecular formula is C20H15ClO3. The highest BCUT2D eigenvalue weighted by Gasteiger charge is 2.12. The summed E-state index contributed by atoms with van der Waals surface area (Å²) in [5.41, 5.74) is 1.43. The number of rotatable bonds is 5. The van der Waals surface area contributed by atoms with Crippen LogP contribution in [0.3, 0.4) is 0 Å². The van der Waals surface area contributed by atoms with Crippen molar-refractivity contribution in [1.29, 1.82) is 0 Å². The third-order valence-electron chi connectivity index (χ3n) is 3.38. The third-order valence-corrected chi connectivity index (χ3v) is 3.71. The number of esters is 1. The first kappa shape index (κ1) is 16.1. The van der Waals surface area contributed by atoms with Crippen molar-refractivity contribution >= 4 is 17.6 Å². The monoisotopic (exact) mass is 338 g/mol. The van der Waals surface area contributed by atoms with Crippen LogP contribution in [0.25, 0.3) is 0 Å². The third kappa shape index (κ3) is 4.15. The van der Waals surface area contributed by atoms with Crippen molar-refractivity contribution in [2.45, 2.75) is 6.61 Å². The minimum absolute atomic E-state index is 0.337. The Balaban J connectivity index is 1.60. The first-order chi connectivity index (χ1) is 11.7. The number of benzene rings is 3. The number of hydrogen-bond acceptors (Lipinski definition) is 3. The van der Waals surface area contributed by atoms with E-state index >= 15 is 0 Å². The lowest BCUT2D eigenvalue weighted by Gasteiger charge is -2.08. The van der Waals surface area contributed by atoms with E-state index in [1.807, 2.05) is 30.3 Å². The maximum Gasteiger partial charge on any atom is 0.345 e. The Morgan fingerprint density at radius 3 is 2.12 bits per heavy atom. The van der Waals surface area contributed by atoms with Crippen molar-refractivity contribution in [1.82, 2.24) is 0 Å². The van der Waals surface area contributed by atoms with Gasteiger partial charge in [0.05, 0.1) is 10.6 Å². The van der Waals surface area contributed by atoms with E-state index in [4.69, 9.17) is 21.1 Å². The Hall–Kier alpha value is -2.78. The highest BCUT2D eigenvalue weighted by atomic mass is 35.5. The smallest absolute Gasteiger partial charge is 0.345 e. The molecule has 3 rings (SSSR count). The number of halogens is 1. The van der Waals surface area contributed by atoms with E-state index in [9.17, 15) is 4.79 Å². The van der Waals surface area contributed by atoms with Crippen molar-refractivity contribution in [3.8, 4) is 11.5 Å². The molecular weight excluding hydrogens is 324 g/mol. The zero-order valence-electron chi connectivity index (χ0n) is 12.8. The molecule has 0 aliphatic carbocycles. The molecule has 0 bridgehead atoms. The predicted octanol–water partition coefficient (Wildman–Crippen LogP) is 5.14. The Bertz CT molecular complexity index is 814. The average Bonchev–Trinajstić information content (AvgIpc) is 2.62. The van der Waals surface area contributed by atoms with Gasteiger partial charge >= 0.3 is 5.97 Å². The van der Waals surface area contributed by atoms with E-state index < -0.39 is 5.97 Å². The minimum Gasteiger partial charge on any atom is -0.489 e. The van der Waals surface area contributed by atoms with Crippen LogP contribution in [-0.4, -0.2) is 5.97 Å². The van der Waals surface area contributed by atoms with Crippen LogP contribution in [0, 0.1) is 0 Å². The van der Waals surface area contributed by atoms with Crippen LogP contribution in [0.2, 0.25) is 5.02 Å². The van der Waals surface area contributed by atoms with E-state index in [1.54, 1.807) is 48.5 Å². The predicted molar refractivity (Wildman–Crippen MR) is 93.6 cm³/mol. The summed E-state index contributed by atoms with van der Waals surface area (Å²) in [6, 6.07) is 23.6. The molecule has 0 saturated heterocycles. The SMILES string of the molecule is O=C(Oc1ccc(OCc2ccccc2)cc1)c1ccccc1Cl. The van der Waals surface area contributed by atoms with Crippen LogP contribution in [-0.2, 0) is 6.61 Å². The number of hydrogen-bond donors (Lipinski definition) is 0. The first-order valence-electron chi connectivity index (χ1n) is 7.46. The molecule has 0 heterocycles. The van der Waals surface area contributed by atoms with E-state index in [0.717, 1.165) is 5.56 Å². The molecule has 0 saturated carbocycles. The largest absolute Gasteiger partial charge is 0.489 e. The lowest BCUT2D eigenvalue weighted by atomic mass is 10.2. The Morgan fingerprint density at radius 2 is 1.42 bits per heavy atom. The second kappa shape index (κ2) is 7.66. The van der Waals surface area contributed by atoms with Gasteiger partial charge in [-0.3, -0.25) is 0 Å². The second-order valence-corrected chi connectivity index (χ2v) is 5.52. The maximum atomic E-state index is 12.1. The lowest BCUT2D eigenvalue weighted by Crippen LogP contribution is -2.08. The van der Waals surface area contributed by atoms with E-state index in [2.05, 4.69) is 0 Å². The summed E-state index contributed by atoms with van der Waals surface area (Å²) in [6.07, 6.45) is 0. The quantitative estimate of drug-likeness (QED) is 0.477. The van der Waals surface area contributed by atoms with Gasteiger partial charge in [-0.15, -0.1) is 0 Å². The van der Waals surface area contributed by atoms with Crippen LogP contribution < -0.4 is 9.47 Å². The standard InChI is InChI=1S/C20H15ClO3/c21-19-9-5-4-8-18(19)20(22)24-17-12-10-16(11-13-17)23-14-15-6-2-1-3-7-15/h1-13H,14H2. The molecule has 0 aromatic heterocycles. The highest BCUT2D eigenvalue weighted by molar-refractivity contribution is 6.33. The van der Waals surface area contributed by atoms with Crippen LogP contribution in [0.4, 0.5) is 0 Å². The van der Waals surface area contributed by atoms with Gasteiger partial charge in [0.2, 0.25) is 0 Å². The first-order valence-corrected chi connectivity index (χ1v) is 7.84. The summed E-state index contributed by atoms with van der Waals surface area (Å²) in [4.78, 5) is 12.1. The molecule has 120 valence electrons. The summed E-state index contributed by atoms with van der Waals surface area (Å²) in [6.45, 7) is 0.486. The minimum atomic E-state index is -0.487. The molecule has 0 atom stereocenters. The summed E-state index contributed by atoms with van der Waals surface area (Å²) in [5.74, 6) is 0.655. The Kier molecular flexibility index (Phi) is 5.14. The zero-order valence-corrected chi connectivity index (χ0v) is 13.6. The topological polar surface area (TPSA) is 35.5 Å². The molecule has 24 heavy (non-hydrogen) atoms. The van der Waals surface area contributed by atoms with Crippen LogP contribution in [0.15, 0.2) is 78.9 Å². The molecule has 4 heteroatoms. The molecule has 0 N–H and O–H groups in total. The number of carbonyl (C=O) groups excluding carboxylic acids is 1. The van der Waals surface area contributed by atoms with Crippen molar-refractivity contribution in [2.75, 3.05) is 0 Å². The summed E-state index contributed by atoms with van der Waals surface area (Å²) < 4.78 is 11.0. The number of ether oxygens (including phenoxy) is 2. The normalized spacial score (nSPS) is 10.2. The van der Waals surface area contributed by atoms with Crippen LogP contribution in [0.1, 0.15) is 15.9 Å². The lowest BCUT2D eigenvalue weighted by molar-refractivity contribution is 0.0735. The Labute approximate surface area is 145 Å². The molecule has 0 aliphatic heterocycles. The molecule has 3 aromatic rings. The summed E-state index contributed by atoms with van der Waals surface area (Å²) in [7, 11) is 0. The van der Waals surface area contributed by atoms with Gasteiger partial charge in [0.1, 0.15) is 18.1 Å². The summed E-state index contributed by atoms with van der Waals surface area (Å²) in [5, 5.41) is 0.366. The molecule has 0 aliphatic rings. The van der Waals surface area contributed by atoms with Crippen molar-refractivity contribution in [3.63, 3.8) is 0 Å². The van der Waals surface area contributed by atoms with Gasteiger partial charge in [0.25, 0.3) is 0 Å². The fourth-order valence-electron chi connectivity index (χ4n) is 2.13. The fourth-order valence-corrected chi connectivity index (χ4v) is 2.35. The van der Waals surface area contributed by atoms with Crippen LogP contribution >= 0.6 is 11.6 Å². The van der Waals surface area contributed by atoms with Gasteiger partial charge in [-0.1, -0.05) is 54.1 Å². The van der Waals surface area contributed by atoms with Crippen molar-refractivity contribution in [2.24, 2.45) is 0 Å². The van der Waals surface area contributed by atoms with Crippen molar-refractivity contribution < 1.29 is 14.3 Å². The summed E-state index contributed by atoms with van der Waals surface area (Å²) >= 11 is 5.99. The highest BCUT2D eigenvalue weighted by Crippen LogP contribution is 2.21. The molecule has 0 fully saturated rings. The van der Waals surface area contributed by atoms with Gasteiger partial charge in [0, 0.05) is 0 Å². The molecule has 0 spiro atoms. The van der Waals surface area contributed by atoms with Gasteiger partial charge in [0.15, 0.2) is 0 Å². The average molecular weight is 339 g/mol. The van der Waals surface area contributed by atoms with Gasteiger partial charge in [-0.05, 0) is 42.0 Å². The van der Waals surface area contributed by atoms with Crippen molar-refractivity contribution in [3.05, 3.63) is 95.0 Å². The zero-order chi connectivity index (χ0) is 16.8. The Morgan fingerprint density at radius 1 is 0.792 bits per heavy atom. The molecule has 3 nitrogen and oxygen atoms in total. The maximum absolute atomic E-state index is 12.1. The molecule has 3 aromatic carbocycles. The van der Waals surface area contributed by atoms with Crippen LogP contribution in [0.5, 0.6) is 11.5 Å². The molecule has 0 radical (unpaired) electrons. The van der Waals surface area contributed by atoms with Gasteiger partial charge in [-0.25, -0.2) is 4.79 Å². The van der Waals surface area contributed by atoms with E-state index in [0.29, 0.717) is 28.7 Å². The number of carbonyl (C=O) groups is 1. The molecule has 0 unspecified atom stereocenters. The van der Waals surface area contributed by atoms with Gasteiger partial charge < -0.3 is 9.47 Å². The fraction of sp³-hybridized carbons (Fsp3) is 0.0500. The van der Waals surface area contributed by atoms with E-state index in [1.165, 1.54) is 0 Å².